The largest absolute Gasteiger partial charge is 0.496 e. The molecule has 5 rings (SSSR count). The van der Waals surface area contributed by atoms with Gasteiger partial charge in [-0.1, -0.05) is 0 Å². The Balaban J connectivity index is 1.65. The summed E-state index contributed by atoms with van der Waals surface area (Å²) >= 11 is 0. The van der Waals surface area contributed by atoms with Crippen molar-refractivity contribution in [1.82, 2.24) is 4.90 Å². The van der Waals surface area contributed by atoms with Crippen LogP contribution in [0.25, 0.3) is 11.3 Å². The molecule has 2 aromatic rings. The molecule has 1 aromatic carbocycles. The van der Waals surface area contributed by atoms with Crippen molar-refractivity contribution in [3.63, 3.8) is 0 Å². The predicted molar refractivity (Wildman–Crippen MR) is 98.0 cm³/mol. The van der Waals surface area contributed by atoms with Crippen LogP contribution < -0.4 is 4.74 Å². The first-order chi connectivity index (χ1) is 13.3. The Labute approximate surface area is 161 Å². The lowest BCUT2D eigenvalue weighted by atomic mass is 9.75. The molecule has 1 aromatic heterocycles. The standard InChI is InChI=1S/C21H24F3NO3/c1-12-9-18(19(26)16-11-25-7-5-13(16)6-8-25)28-20(12)15-4-3-14(21(22,23)24)10-17(15)27-2/h3-4,9-10,13,16,19,26H,5-8,11H2,1-2H3/t16?,19-/m0/s1. The molecule has 1 N–H and O–H groups in total. The summed E-state index contributed by atoms with van der Waals surface area (Å²) in [5, 5.41) is 10.9. The molecule has 3 aliphatic rings. The van der Waals surface area contributed by atoms with Gasteiger partial charge in [-0.3, -0.25) is 0 Å². The van der Waals surface area contributed by atoms with Gasteiger partial charge in [0.1, 0.15) is 23.4 Å². The highest BCUT2D eigenvalue weighted by molar-refractivity contribution is 5.69. The minimum atomic E-state index is -4.44. The lowest BCUT2D eigenvalue weighted by molar-refractivity contribution is -0.137. The van der Waals surface area contributed by atoms with E-state index in [4.69, 9.17) is 9.15 Å². The number of methoxy groups -OCH3 is 1. The van der Waals surface area contributed by atoms with Crippen molar-refractivity contribution < 1.29 is 27.4 Å². The Morgan fingerprint density at radius 1 is 1.21 bits per heavy atom. The molecule has 4 heterocycles. The van der Waals surface area contributed by atoms with Gasteiger partial charge in [0.05, 0.1) is 18.2 Å². The van der Waals surface area contributed by atoms with E-state index in [0.29, 0.717) is 23.0 Å². The first-order valence-electron chi connectivity index (χ1n) is 9.54. The molecule has 2 atom stereocenters. The van der Waals surface area contributed by atoms with E-state index in [0.717, 1.165) is 50.2 Å². The molecule has 1 unspecified atom stereocenters. The fraction of sp³-hybridized carbons (Fsp3) is 0.524. The van der Waals surface area contributed by atoms with Gasteiger partial charge in [-0.05, 0) is 68.6 Å². The van der Waals surface area contributed by atoms with Gasteiger partial charge in [0.2, 0.25) is 0 Å². The van der Waals surface area contributed by atoms with Gasteiger partial charge in [0.25, 0.3) is 0 Å². The summed E-state index contributed by atoms with van der Waals surface area (Å²) in [6, 6.07) is 5.14. The molecule has 152 valence electrons. The second-order valence-corrected chi connectivity index (χ2v) is 7.82. The summed E-state index contributed by atoms with van der Waals surface area (Å²) in [4.78, 5) is 2.36. The van der Waals surface area contributed by atoms with Gasteiger partial charge >= 0.3 is 6.18 Å². The maximum absolute atomic E-state index is 13.0. The quantitative estimate of drug-likeness (QED) is 0.818. The number of halogens is 3. The molecular formula is C21H24F3NO3. The van der Waals surface area contributed by atoms with E-state index in [1.165, 1.54) is 13.2 Å². The van der Waals surface area contributed by atoms with Crippen LogP contribution in [0.15, 0.2) is 28.7 Å². The van der Waals surface area contributed by atoms with Crippen LogP contribution >= 0.6 is 0 Å². The summed E-state index contributed by atoms with van der Waals surface area (Å²) in [5.74, 6) is 1.59. The normalized spacial score (nSPS) is 25.7. The third-order valence-electron chi connectivity index (χ3n) is 6.11. The van der Waals surface area contributed by atoms with Crippen LogP contribution in [-0.4, -0.2) is 36.8 Å². The highest BCUT2D eigenvalue weighted by Gasteiger charge is 2.40. The molecule has 7 heteroatoms. The van der Waals surface area contributed by atoms with Crippen molar-refractivity contribution in [2.45, 2.75) is 32.0 Å². The number of alkyl halides is 3. The summed E-state index contributed by atoms with van der Waals surface area (Å²) in [7, 11) is 1.33. The fourth-order valence-electron chi connectivity index (χ4n) is 4.55. The summed E-state index contributed by atoms with van der Waals surface area (Å²) < 4.78 is 50.1. The van der Waals surface area contributed by atoms with E-state index in [1.807, 2.05) is 6.92 Å². The monoisotopic (exact) mass is 395 g/mol. The zero-order valence-corrected chi connectivity index (χ0v) is 15.9. The molecule has 3 saturated heterocycles. The number of ether oxygens (including phenoxy) is 1. The van der Waals surface area contributed by atoms with Crippen molar-refractivity contribution >= 4 is 0 Å². The fourth-order valence-corrected chi connectivity index (χ4v) is 4.55. The zero-order valence-electron chi connectivity index (χ0n) is 15.9. The summed E-state index contributed by atoms with van der Waals surface area (Å²) in [6.07, 6.45) is -3.00. The number of furan rings is 1. The van der Waals surface area contributed by atoms with Crippen LogP contribution in [0.3, 0.4) is 0 Å². The highest BCUT2D eigenvalue weighted by atomic mass is 19.4. The number of hydrogen-bond donors (Lipinski definition) is 1. The van der Waals surface area contributed by atoms with Gasteiger partial charge in [0, 0.05) is 12.5 Å². The molecule has 0 radical (unpaired) electrons. The molecule has 0 spiro atoms. The lowest BCUT2D eigenvalue weighted by Crippen LogP contribution is -2.49. The van der Waals surface area contributed by atoms with Crippen LogP contribution in [-0.2, 0) is 6.18 Å². The minimum Gasteiger partial charge on any atom is -0.496 e. The molecule has 0 amide bonds. The average molecular weight is 395 g/mol. The van der Waals surface area contributed by atoms with E-state index in [1.54, 1.807) is 6.07 Å². The van der Waals surface area contributed by atoms with Crippen molar-refractivity contribution in [2.75, 3.05) is 26.7 Å². The maximum atomic E-state index is 13.0. The Kier molecular flexibility index (Phi) is 4.91. The Hall–Kier alpha value is -1.99. The summed E-state index contributed by atoms with van der Waals surface area (Å²) in [5.41, 5.74) is 0.429. The van der Waals surface area contributed by atoms with Gasteiger partial charge in [-0.2, -0.15) is 13.2 Å². The number of fused-ring (bicyclic) bond motifs is 3. The molecule has 3 aliphatic heterocycles. The van der Waals surface area contributed by atoms with Crippen molar-refractivity contribution in [1.29, 1.82) is 0 Å². The van der Waals surface area contributed by atoms with Gasteiger partial charge < -0.3 is 19.2 Å². The lowest BCUT2D eigenvalue weighted by Gasteiger charge is -2.46. The number of piperidine rings is 3. The Bertz CT molecular complexity index is 853. The second kappa shape index (κ2) is 7.12. The van der Waals surface area contributed by atoms with Gasteiger partial charge in [0.15, 0.2) is 0 Å². The van der Waals surface area contributed by atoms with Crippen molar-refractivity contribution in [3.8, 4) is 17.1 Å². The second-order valence-electron chi connectivity index (χ2n) is 7.82. The van der Waals surface area contributed by atoms with Crippen molar-refractivity contribution in [2.24, 2.45) is 11.8 Å². The number of benzene rings is 1. The SMILES string of the molecule is COc1cc(C(F)(F)F)ccc1-c1oc([C@@H](O)C2CN3CCC2CC3)cc1C. The van der Waals surface area contributed by atoms with Crippen LogP contribution in [0.4, 0.5) is 13.2 Å². The molecule has 2 bridgehead atoms. The van der Waals surface area contributed by atoms with Crippen LogP contribution in [0.5, 0.6) is 5.75 Å². The smallest absolute Gasteiger partial charge is 0.416 e. The predicted octanol–water partition coefficient (Wildman–Crippen LogP) is 4.66. The number of rotatable bonds is 4. The Morgan fingerprint density at radius 2 is 1.93 bits per heavy atom. The highest BCUT2D eigenvalue weighted by Crippen LogP contribution is 2.43. The number of hydrogen-bond acceptors (Lipinski definition) is 4. The third kappa shape index (κ3) is 3.42. The molecule has 0 saturated carbocycles. The molecule has 28 heavy (non-hydrogen) atoms. The topological polar surface area (TPSA) is 45.8 Å². The average Bonchev–Trinajstić information content (AvgIpc) is 3.08. The van der Waals surface area contributed by atoms with Crippen LogP contribution in [0.1, 0.15) is 35.8 Å². The summed E-state index contributed by atoms with van der Waals surface area (Å²) in [6.45, 7) is 4.84. The first kappa shape index (κ1) is 19.3. The number of aliphatic hydroxyl groups excluding tert-OH is 1. The Morgan fingerprint density at radius 3 is 2.50 bits per heavy atom. The zero-order chi connectivity index (χ0) is 20.1. The van der Waals surface area contributed by atoms with Gasteiger partial charge in [-0.25, -0.2) is 0 Å². The molecule has 4 nitrogen and oxygen atoms in total. The van der Waals surface area contributed by atoms with E-state index in [2.05, 4.69) is 4.90 Å². The van der Waals surface area contributed by atoms with Crippen LogP contribution in [0, 0.1) is 18.8 Å². The molecule has 3 fully saturated rings. The molecule has 0 aliphatic carbocycles. The van der Waals surface area contributed by atoms with Crippen LogP contribution in [0.2, 0.25) is 0 Å². The third-order valence-corrected chi connectivity index (χ3v) is 6.11. The number of nitrogens with zero attached hydrogens (tertiary/aromatic N) is 1. The minimum absolute atomic E-state index is 0.0937. The number of aliphatic hydroxyl groups is 1. The van der Waals surface area contributed by atoms with E-state index in [-0.39, 0.29) is 11.7 Å². The maximum Gasteiger partial charge on any atom is 0.416 e. The number of aryl methyl sites for hydroxylation is 1. The molecular weight excluding hydrogens is 371 g/mol. The van der Waals surface area contributed by atoms with Crippen molar-refractivity contribution in [3.05, 3.63) is 41.2 Å². The van der Waals surface area contributed by atoms with Gasteiger partial charge in [-0.15, -0.1) is 0 Å². The van der Waals surface area contributed by atoms with E-state index >= 15 is 0 Å². The van der Waals surface area contributed by atoms with E-state index < -0.39 is 17.8 Å². The van der Waals surface area contributed by atoms with E-state index in [9.17, 15) is 18.3 Å². The first-order valence-corrected chi connectivity index (χ1v) is 9.54.